The van der Waals surface area contributed by atoms with E-state index in [-0.39, 0.29) is 30.7 Å². The van der Waals surface area contributed by atoms with Gasteiger partial charge in [-0.1, -0.05) is 24.3 Å². The Morgan fingerprint density at radius 3 is 2.38 bits per heavy atom. The maximum Gasteiger partial charge on any atom is 0.247 e. The van der Waals surface area contributed by atoms with Crippen LogP contribution >= 0.6 is 0 Å². The molecule has 52 heavy (non-hydrogen) atoms. The average molecular weight is 727 g/mol. The minimum Gasteiger partial charge on any atom is -0.494 e. The molecule has 2 fully saturated rings. The smallest absolute Gasteiger partial charge is 0.247 e. The highest BCUT2D eigenvalue weighted by Gasteiger charge is 2.45. The molecule has 2 aliphatic heterocycles. The van der Waals surface area contributed by atoms with Crippen molar-refractivity contribution in [3.63, 3.8) is 0 Å². The van der Waals surface area contributed by atoms with E-state index in [0.717, 1.165) is 24.2 Å². The molecule has 7 N–H and O–H groups in total. The van der Waals surface area contributed by atoms with Crippen LogP contribution in [0, 0.1) is 0 Å². The first-order chi connectivity index (χ1) is 24.8. The SMILES string of the molecule is CN1CCN(C(=O)C(C)(C)NC(=O)CCCOc2ccc(CCc3cccc4c3c(O[C@@H]3O[C@H](CO)[C@@H](O)[C@H](O)[C@H]3O)nn4CC(N)=O)cc2)CC1. The number of rotatable bonds is 15. The number of ether oxygens (including phenoxy) is 3. The van der Waals surface area contributed by atoms with Crippen molar-refractivity contribution in [3.8, 4) is 11.6 Å². The highest BCUT2D eigenvalue weighted by molar-refractivity contribution is 5.91. The number of amides is 3. The molecule has 16 nitrogen and oxygen atoms in total. The summed E-state index contributed by atoms with van der Waals surface area (Å²) in [5.41, 5.74) is 6.86. The van der Waals surface area contributed by atoms with Crippen molar-refractivity contribution < 1.29 is 49.0 Å². The summed E-state index contributed by atoms with van der Waals surface area (Å²) in [7, 11) is 2.02. The number of nitrogens with one attached hydrogen (secondary N) is 1. The Kier molecular flexibility index (Phi) is 12.7. The Morgan fingerprint density at radius 2 is 1.71 bits per heavy atom. The standard InChI is InChI=1S/C36H50N6O10/c1-36(2,35(49)41-17-15-40(3)16-18-41)38-28(45)8-5-19-50-24-13-10-22(11-14-24)9-12-23-6-4-7-25-29(23)33(39-42(25)20-27(37)44)52-34-32(48)31(47)30(46)26(21-43)51-34/h4,6-7,10-11,13-14,26,30-32,34,43,46-48H,5,8-9,12,15-21H2,1-3H3,(H2,37,44)(H,38,45)/t26-,30-,31+,32-,34+/m1/s1. The number of aryl methyl sites for hydroxylation is 2. The van der Waals surface area contributed by atoms with Gasteiger partial charge in [-0.3, -0.25) is 19.1 Å². The molecule has 2 saturated heterocycles. The second kappa shape index (κ2) is 17.0. The number of aromatic nitrogens is 2. The van der Waals surface area contributed by atoms with Gasteiger partial charge in [0.15, 0.2) is 0 Å². The lowest BCUT2D eigenvalue weighted by Crippen LogP contribution is -2.60. The molecular formula is C36H50N6O10. The lowest BCUT2D eigenvalue weighted by atomic mass is 9.99. The lowest BCUT2D eigenvalue weighted by molar-refractivity contribution is -0.278. The first-order valence-corrected chi connectivity index (χ1v) is 17.5. The first-order valence-electron chi connectivity index (χ1n) is 17.5. The Hall–Kier alpha value is -4.32. The van der Waals surface area contributed by atoms with E-state index in [1.165, 1.54) is 4.68 Å². The number of primary amides is 1. The fraction of sp³-hybridized carbons (Fsp3) is 0.556. The van der Waals surface area contributed by atoms with Crippen molar-refractivity contribution >= 4 is 28.6 Å². The minimum atomic E-state index is -1.64. The summed E-state index contributed by atoms with van der Waals surface area (Å²) in [5, 5.41) is 48.4. The van der Waals surface area contributed by atoms with Gasteiger partial charge in [0.1, 0.15) is 42.2 Å². The highest BCUT2D eigenvalue weighted by atomic mass is 16.7. The number of hydrogen-bond donors (Lipinski definition) is 6. The number of benzene rings is 2. The maximum atomic E-state index is 13.0. The van der Waals surface area contributed by atoms with Gasteiger partial charge < -0.3 is 55.5 Å². The summed E-state index contributed by atoms with van der Waals surface area (Å²) in [5.74, 6) is -0.235. The maximum absolute atomic E-state index is 13.0. The Morgan fingerprint density at radius 1 is 1.00 bits per heavy atom. The topological polar surface area (TPSA) is 222 Å². The number of aliphatic hydroxyl groups excluding tert-OH is 4. The largest absolute Gasteiger partial charge is 0.494 e. The fourth-order valence-corrected chi connectivity index (χ4v) is 6.42. The van der Waals surface area contributed by atoms with Gasteiger partial charge in [0.25, 0.3) is 0 Å². The normalized spacial score (nSPS) is 22.7. The van der Waals surface area contributed by atoms with Gasteiger partial charge in [-0.2, -0.15) is 0 Å². The molecular weight excluding hydrogens is 676 g/mol. The van der Waals surface area contributed by atoms with Crippen LogP contribution in [0.3, 0.4) is 0 Å². The Bertz CT molecular complexity index is 1690. The van der Waals surface area contributed by atoms with Crippen molar-refractivity contribution in [2.75, 3.05) is 46.4 Å². The van der Waals surface area contributed by atoms with E-state index in [9.17, 15) is 34.8 Å². The number of fused-ring (bicyclic) bond motifs is 1. The van der Waals surface area contributed by atoms with Gasteiger partial charge in [-0.25, -0.2) is 0 Å². The van der Waals surface area contributed by atoms with Crippen molar-refractivity contribution in [2.45, 2.75) is 82.3 Å². The van der Waals surface area contributed by atoms with Gasteiger partial charge in [0.05, 0.1) is 24.1 Å². The third-order valence-electron chi connectivity index (χ3n) is 9.41. The van der Waals surface area contributed by atoms with Crippen LogP contribution in [0.4, 0.5) is 0 Å². The average Bonchev–Trinajstić information content (AvgIpc) is 3.46. The van der Waals surface area contributed by atoms with Crippen LogP contribution in [0.15, 0.2) is 42.5 Å². The van der Waals surface area contributed by atoms with E-state index in [1.807, 2.05) is 43.4 Å². The zero-order chi connectivity index (χ0) is 37.6. The molecule has 16 heteroatoms. The molecule has 5 rings (SSSR count). The van der Waals surface area contributed by atoms with E-state index >= 15 is 0 Å². The molecule has 1 aromatic heterocycles. The number of likely N-dealkylation sites (N-methyl/N-ethyl adjacent to an activating group) is 1. The monoisotopic (exact) mass is 726 g/mol. The number of hydrogen-bond acceptors (Lipinski definition) is 12. The molecule has 0 saturated carbocycles. The van der Waals surface area contributed by atoms with Crippen molar-refractivity contribution in [2.24, 2.45) is 5.73 Å². The summed E-state index contributed by atoms with van der Waals surface area (Å²) in [6.45, 7) is 5.85. The van der Waals surface area contributed by atoms with Crippen LogP contribution in [0.5, 0.6) is 11.6 Å². The second-order valence-electron chi connectivity index (χ2n) is 13.9. The molecule has 2 aliphatic rings. The molecule has 284 valence electrons. The third kappa shape index (κ3) is 9.36. The van der Waals surface area contributed by atoms with Crippen LogP contribution in [-0.4, -0.2) is 140 Å². The van der Waals surface area contributed by atoms with Gasteiger partial charge in [-0.15, -0.1) is 5.10 Å². The van der Waals surface area contributed by atoms with Crippen LogP contribution in [0.25, 0.3) is 10.9 Å². The van der Waals surface area contributed by atoms with Crippen LogP contribution in [0.2, 0.25) is 0 Å². The van der Waals surface area contributed by atoms with E-state index in [4.69, 9.17) is 19.9 Å². The molecule has 0 radical (unpaired) electrons. The molecule has 0 spiro atoms. The van der Waals surface area contributed by atoms with Gasteiger partial charge >= 0.3 is 0 Å². The fourth-order valence-electron chi connectivity index (χ4n) is 6.42. The predicted octanol–water partition coefficient (Wildman–Crippen LogP) is -0.687. The predicted molar refractivity (Wildman–Crippen MR) is 188 cm³/mol. The first kappa shape index (κ1) is 38.9. The molecule has 0 bridgehead atoms. The van der Waals surface area contributed by atoms with Crippen molar-refractivity contribution in [1.29, 1.82) is 0 Å². The zero-order valence-electron chi connectivity index (χ0n) is 29.8. The summed E-state index contributed by atoms with van der Waals surface area (Å²) in [4.78, 5) is 41.4. The molecule has 2 aromatic carbocycles. The highest BCUT2D eigenvalue weighted by Crippen LogP contribution is 2.33. The van der Waals surface area contributed by atoms with Crippen molar-refractivity contribution in [3.05, 3.63) is 53.6 Å². The number of nitrogens with two attached hydrogens (primary N) is 1. The summed E-state index contributed by atoms with van der Waals surface area (Å²) >= 11 is 0. The van der Waals surface area contributed by atoms with Crippen molar-refractivity contribution in [1.82, 2.24) is 24.9 Å². The van der Waals surface area contributed by atoms with Gasteiger partial charge in [0.2, 0.25) is 29.9 Å². The second-order valence-corrected chi connectivity index (χ2v) is 13.9. The Labute approximate surface area is 302 Å². The van der Waals surface area contributed by atoms with Gasteiger partial charge in [0, 0.05) is 32.6 Å². The summed E-state index contributed by atoms with van der Waals surface area (Å²) in [6, 6.07) is 13.0. The molecule has 3 aromatic rings. The molecule has 3 amide bonds. The minimum absolute atomic E-state index is 0.0267. The van der Waals surface area contributed by atoms with Crippen LogP contribution in [-0.2, 0) is 38.5 Å². The van der Waals surface area contributed by atoms with Crippen LogP contribution in [0.1, 0.15) is 37.8 Å². The third-order valence-corrected chi connectivity index (χ3v) is 9.41. The van der Waals surface area contributed by atoms with Crippen LogP contribution < -0.4 is 20.5 Å². The number of carbonyl (C=O) groups is 3. The van der Waals surface area contributed by atoms with E-state index in [1.54, 1.807) is 24.8 Å². The summed E-state index contributed by atoms with van der Waals surface area (Å²) < 4.78 is 18.7. The molecule has 5 atom stereocenters. The Balaban J connectivity index is 1.16. The number of nitrogens with zero attached hydrogens (tertiary/aromatic N) is 4. The number of piperazine rings is 1. The van der Waals surface area contributed by atoms with Gasteiger partial charge in [-0.05, 0) is 69.5 Å². The van der Waals surface area contributed by atoms with E-state index in [2.05, 4.69) is 15.3 Å². The number of aliphatic hydroxyl groups is 4. The molecule has 3 heterocycles. The molecule has 0 unspecified atom stereocenters. The zero-order valence-corrected chi connectivity index (χ0v) is 29.8. The van der Waals surface area contributed by atoms with E-state index in [0.29, 0.717) is 55.6 Å². The molecule has 0 aliphatic carbocycles. The van der Waals surface area contributed by atoms with E-state index < -0.39 is 48.8 Å². The summed E-state index contributed by atoms with van der Waals surface area (Å²) in [6.07, 6.45) is -5.61. The quantitative estimate of drug-likeness (QED) is 0.107. The number of carbonyl (C=O) groups excluding carboxylic acids is 3. The lowest BCUT2D eigenvalue weighted by Gasteiger charge is -2.39.